The van der Waals surface area contributed by atoms with E-state index in [-0.39, 0.29) is 79.8 Å². The van der Waals surface area contributed by atoms with Crippen LogP contribution in [0.5, 0.6) is 11.5 Å². The number of aliphatic hydroxyl groups is 1. The number of hydrogen-bond acceptors (Lipinski definition) is 9. The number of nitrogens with zero attached hydrogens (tertiary/aromatic N) is 3. The lowest BCUT2D eigenvalue weighted by atomic mass is 9.84. The quantitative estimate of drug-likeness (QED) is 0.103. The average Bonchev–Trinajstić information content (AvgIpc) is 3.22. The molecule has 1 aliphatic rings. The van der Waals surface area contributed by atoms with Crippen LogP contribution < -0.4 is 20.1 Å². The number of likely N-dealkylation sites (tertiary alicyclic amines) is 1. The van der Waals surface area contributed by atoms with Crippen molar-refractivity contribution in [2.75, 3.05) is 57.6 Å². The number of alkyl halides is 3. The molecule has 2 amide bonds. The van der Waals surface area contributed by atoms with Gasteiger partial charge in [-0.2, -0.15) is 17.5 Å². The molecule has 0 spiro atoms. The molecule has 1 aliphatic heterocycles. The van der Waals surface area contributed by atoms with Gasteiger partial charge in [-0.1, -0.05) is 23.7 Å². The van der Waals surface area contributed by atoms with Crippen molar-refractivity contribution in [2.24, 2.45) is 0 Å². The van der Waals surface area contributed by atoms with Gasteiger partial charge in [0.2, 0.25) is 15.9 Å². The Morgan fingerprint density at radius 3 is 2.25 bits per heavy atom. The molecular weight excluding hydrogens is 811 g/mol. The van der Waals surface area contributed by atoms with Gasteiger partial charge in [-0.25, -0.2) is 8.42 Å². The zero-order chi connectivity index (χ0) is 42.5. The second kappa shape index (κ2) is 17.8. The lowest BCUT2D eigenvalue weighted by Crippen LogP contribution is -2.45. The van der Waals surface area contributed by atoms with E-state index in [0.29, 0.717) is 16.3 Å². The fraction of sp³-hybridized carbons (Fsp3) is 0.310. The van der Waals surface area contributed by atoms with Crippen LogP contribution in [0, 0.1) is 6.92 Å². The molecule has 0 bridgehead atoms. The van der Waals surface area contributed by atoms with Crippen molar-refractivity contribution < 1.29 is 45.8 Å². The smallest absolute Gasteiger partial charge is 0.416 e. The standard InChI is InChI=1S/C42H43ClF3N5O7S/c1-27-24-37(34-26-31(43)9-15-35(34)48-27)47-19-23-51(59(55,56)33-12-10-32(57-2)11-13-33)20-16-39(52)49-36-14-4-28(25-38(36)58-3)40(53)50-21-17-41(54,18-22-50)29-5-7-30(8-6-29)42(44,45)46/h4-15,24-26,54H,16-23H2,1-3H3,(H,47,48)(H,49,52). The number of aryl methyl sites for hydroxylation is 1. The van der Waals surface area contributed by atoms with Crippen LogP contribution in [0.3, 0.4) is 0 Å². The molecule has 0 aliphatic carbocycles. The number of aromatic nitrogens is 1. The number of carbonyl (C=O) groups is 2. The lowest BCUT2D eigenvalue weighted by Gasteiger charge is -2.38. The van der Waals surface area contributed by atoms with E-state index >= 15 is 0 Å². The van der Waals surface area contributed by atoms with Gasteiger partial charge in [0.05, 0.1) is 41.5 Å². The Morgan fingerprint density at radius 2 is 1.61 bits per heavy atom. The van der Waals surface area contributed by atoms with Crippen molar-refractivity contribution in [3.05, 3.63) is 118 Å². The van der Waals surface area contributed by atoms with Crippen LogP contribution in [0.1, 0.15) is 46.4 Å². The van der Waals surface area contributed by atoms with E-state index in [2.05, 4.69) is 15.6 Å². The Morgan fingerprint density at radius 1 is 0.915 bits per heavy atom. The van der Waals surface area contributed by atoms with Gasteiger partial charge >= 0.3 is 6.18 Å². The van der Waals surface area contributed by atoms with Gasteiger partial charge in [-0.05, 0) is 104 Å². The minimum atomic E-state index is -4.50. The molecule has 1 fully saturated rings. The summed E-state index contributed by atoms with van der Waals surface area (Å²) < 4.78 is 78.9. The maximum atomic E-state index is 13.9. The third kappa shape index (κ3) is 10.1. The van der Waals surface area contributed by atoms with Gasteiger partial charge in [-0.15, -0.1) is 0 Å². The highest BCUT2D eigenvalue weighted by atomic mass is 35.5. The second-order valence-corrected chi connectivity index (χ2v) is 16.5. The molecule has 6 rings (SSSR count). The number of amides is 2. The number of carbonyl (C=O) groups excluding carboxylic acids is 2. The summed E-state index contributed by atoms with van der Waals surface area (Å²) in [7, 11) is -1.22. The largest absolute Gasteiger partial charge is 0.497 e. The number of rotatable bonds is 14. The summed E-state index contributed by atoms with van der Waals surface area (Å²) in [6.45, 7) is 2.17. The number of nitrogens with one attached hydrogen (secondary N) is 2. The topological polar surface area (TPSA) is 150 Å². The van der Waals surface area contributed by atoms with E-state index in [1.807, 2.05) is 19.1 Å². The second-order valence-electron chi connectivity index (χ2n) is 14.1. The first kappa shape index (κ1) is 43.2. The Hall–Kier alpha value is -5.42. The number of pyridine rings is 1. The maximum Gasteiger partial charge on any atom is 0.416 e. The molecule has 1 saturated heterocycles. The van der Waals surface area contributed by atoms with E-state index in [4.69, 9.17) is 21.1 Å². The molecule has 3 N–H and O–H groups in total. The van der Waals surface area contributed by atoms with Crippen LogP contribution in [-0.4, -0.2) is 86.5 Å². The van der Waals surface area contributed by atoms with Crippen molar-refractivity contribution >= 4 is 55.7 Å². The monoisotopic (exact) mass is 853 g/mol. The fourth-order valence-corrected chi connectivity index (χ4v) is 8.54. The summed E-state index contributed by atoms with van der Waals surface area (Å²) in [6, 6.07) is 22.0. The van der Waals surface area contributed by atoms with E-state index < -0.39 is 33.3 Å². The summed E-state index contributed by atoms with van der Waals surface area (Å²) in [4.78, 5) is 33.0. The van der Waals surface area contributed by atoms with E-state index in [1.54, 1.807) is 24.3 Å². The van der Waals surface area contributed by atoms with Crippen LogP contribution >= 0.6 is 11.6 Å². The van der Waals surface area contributed by atoms with Crippen LogP contribution in [-0.2, 0) is 26.6 Å². The zero-order valence-electron chi connectivity index (χ0n) is 32.5. The van der Waals surface area contributed by atoms with Gasteiger partial charge in [0.25, 0.3) is 5.91 Å². The molecule has 0 radical (unpaired) electrons. The van der Waals surface area contributed by atoms with Crippen molar-refractivity contribution in [1.29, 1.82) is 0 Å². The molecule has 0 saturated carbocycles. The van der Waals surface area contributed by atoms with Crippen LogP contribution in [0.15, 0.2) is 95.9 Å². The molecule has 4 aromatic carbocycles. The Bertz CT molecular complexity index is 2430. The molecule has 17 heteroatoms. The number of fused-ring (bicyclic) bond motifs is 1. The number of halogens is 4. The minimum absolute atomic E-state index is 0.00341. The number of benzene rings is 4. The third-order valence-electron chi connectivity index (χ3n) is 10.2. The summed E-state index contributed by atoms with van der Waals surface area (Å²) >= 11 is 6.26. The van der Waals surface area contributed by atoms with E-state index in [1.165, 1.54) is 65.9 Å². The normalized spacial score (nSPS) is 14.3. The minimum Gasteiger partial charge on any atom is -0.497 e. The number of methoxy groups -OCH3 is 2. The highest BCUT2D eigenvalue weighted by molar-refractivity contribution is 7.89. The molecule has 1 aromatic heterocycles. The molecule has 59 heavy (non-hydrogen) atoms. The van der Waals surface area contributed by atoms with E-state index in [0.717, 1.165) is 34.4 Å². The Kier molecular flexibility index (Phi) is 13.0. The maximum absolute atomic E-state index is 13.9. The molecular formula is C42H43ClF3N5O7S. The fourth-order valence-electron chi connectivity index (χ4n) is 6.93. The van der Waals surface area contributed by atoms with Crippen molar-refractivity contribution in [3.8, 4) is 11.5 Å². The molecule has 12 nitrogen and oxygen atoms in total. The SMILES string of the molecule is COc1ccc(S(=O)(=O)N(CCNc2cc(C)nc3ccc(Cl)cc23)CCC(=O)Nc2ccc(C(=O)N3CCC(O)(c4ccc(C(F)(F)F)cc4)CC3)cc2OC)cc1. The predicted octanol–water partition coefficient (Wildman–Crippen LogP) is 7.49. The number of sulfonamides is 1. The molecule has 0 atom stereocenters. The highest BCUT2D eigenvalue weighted by Crippen LogP contribution is 2.37. The number of hydrogen-bond donors (Lipinski definition) is 3. The highest BCUT2D eigenvalue weighted by Gasteiger charge is 2.37. The number of piperidine rings is 1. The summed E-state index contributed by atoms with van der Waals surface area (Å²) in [6.07, 6.45) is -4.48. The molecule has 0 unspecified atom stereocenters. The van der Waals surface area contributed by atoms with Crippen molar-refractivity contribution in [2.45, 2.75) is 42.9 Å². The van der Waals surface area contributed by atoms with Gasteiger partial charge in [0, 0.05) is 66.5 Å². The van der Waals surface area contributed by atoms with Crippen molar-refractivity contribution in [1.82, 2.24) is 14.2 Å². The molecule has 5 aromatic rings. The summed E-state index contributed by atoms with van der Waals surface area (Å²) in [5, 5.41) is 18.6. The van der Waals surface area contributed by atoms with Gasteiger partial charge in [0.1, 0.15) is 11.5 Å². The zero-order valence-corrected chi connectivity index (χ0v) is 34.0. The third-order valence-corrected chi connectivity index (χ3v) is 12.4. The van der Waals surface area contributed by atoms with E-state index in [9.17, 15) is 36.3 Å². The van der Waals surface area contributed by atoms with Gasteiger partial charge in [-0.3, -0.25) is 14.6 Å². The Labute approximate surface area is 344 Å². The first-order valence-corrected chi connectivity index (χ1v) is 20.4. The molecule has 312 valence electrons. The van der Waals surface area contributed by atoms with Crippen LogP contribution in [0.4, 0.5) is 24.5 Å². The van der Waals surface area contributed by atoms with Crippen molar-refractivity contribution in [3.63, 3.8) is 0 Å². The predicted molar refractivity (Wildman–Crippen MR) is 218 cm³/mol. The average molecular weight is 854 g/mol. The summed E-state index contributed by atoms with van der Waals surface area (Å²) in [5.41, 5.74) is 0.858. The summed E-state index contributed by atoms with van der Waals surface area (Å²) in [5.74, 6) is -0.193. The first-order valence-electron chi connectivity index (χ1n) is 18.6. The van der Waals surface area contributed by atoms with Gasteiger partial charge < -0.3 is 30.1 Å². The number of ether oxygens (including phenoxy) is 2. The Balaban J connectivity index is 1.11. The first-order chi connectivity index (χ1) is 28.0. The molecule has 2 heterocycles. The number of anilines is 2. The lowest BCUT2D eigenvalue weighted by molar-refractivity contribution is -0.137. The van der Waals surface area contributed by atoms with Crippen LogP contribution in [0.25, 0.3) is 10.9 Å². The van der Waals surface area contributed by atoms with Crippen LogP contribution in [0.2, 0.25) is 5.02 Å². The van der Waals surface area contributed by atoms with Gasteiger partial charge in [0.15, 0.2) is 0 Å².